The van der Waals surface area contributed by atoms with Gasteiger partial charge < -0.3 is 10.1 Å². The lowest BCUT2D eigenvalue weighted by molar-refractivity contribution is -0.127. The molecule has 1 amide bonds. The van der Waals surface area contributed by atoms with E-state index in [0.29, 0.717) is 6.54 Å². The fourth-order valence-corrected chi connectivity index (χ4v) is 2.01. The standard InChI is InChI=1S/C17H21N3O2/c1-11-5-6-12(2)16(7-11)22-14(4)17(21)18-9-15-8-13(3)19-10-20-15/h5-8,10,14H,9H2,1-4H3,(H,18,21). The molecule has 0 saturated carbocycles. The highest BCUT2D eigenvalue weighted by Crippen LogP contribution is 2.20. The van der Waals surface area contributed by atoms with Crippen molar-refractivity contribution in [3.05, 3.63) is 53.1 Å². The molecule has 116 valence electrons. The van der Waals surface area contributed by atoms with E-state index in [4.69, 9.17) is 4.74 Å². The van der Waals surface area contributed by atoms with Crippen molar-refractivity contribution in [1.29, 1.82) is 0 Å². The van der Waals surface area contributed by atoms with Crippen molar-refractivity contribution in [2.45, 2.75) is 40.3 Å². The number of carbonyl (C=O) groups is 1. The van der Waals surface area contributed by atoms with Gasteiger partial charge in [0, 0.05) is 5.69 Å². The van der Waals surface area contributed by atoms with Crippen LogP contribution in [-0.4, -0.2) is 22.0 Å². The van der Waals surface area contributed by atoms with Gasteiger partial charge in [-0.25, -0.2) is 9.97 Å². The summed E-state index contributed by atoms with van der Waals surface area (Å²) in [5.41, 5.74) is 3.76. The Hall–Kier alpha value is -2.43. The van der Waals surface area contributed by atoms with Crippen molar-refractivity contribution < 1.29 is 9.53 Å². The third kappa shape index (κ3) is 4.28. The lowest BCUT2D eigenvalue weighted by Crippen LogP contribution is -2.36. The van der Waals surface area contributed by atoms with Gasteiger partial charge in [-0.3, -0.25) is 4.79 Å². The largest absolute Gasteiger partial charge is 0.481 e. The summed E-state index contributed by atoms with van der Waals surface area (Å²) in [5.74, 6) is 0.567. The van der Waals surface area contributed by atoms with Crippen LogP contribution < -0.4 is 10.1 Å². The van der Waals surface area contributed by atoms with E-state index in [1.807, 2.05) is 45.0 Å². The molecule has 0 aliphatic rings. The first kappa shape index (κ1) is 15.9. The minimum absolute atomic E-state index is 0.169. The average molecular weight is 299 g/mol. The van der Waals surface area contributed by atoms with Crippen molar-refractivity contribution in [1.82, 2.24) is 15.3 Å². The number of nitrogens with one attached hydrogen (secondary N) is 1. The number of benzene rings is 1. The third-order valence-electron chi connectivity index (χ3n) is 3.32. The molecule has 0 fully saturated rings. The maximum absolute atomic E-state index is 12.1. The second-order valence-corrected chi connectivity index (χ2v) is 5.40. The van der Waals surface area contributed by atoms with Crippen LogP contribution >= 0.6 is 0 Å². The van der Waals surface area contributed by atoms with Crippen molar-refractivity contribution in [2.75, 3.05) is 0 Å². The molecular weight excluding hydrogens is 278 g/mol. The van der Waals surface area contributed by atoms with Crippen molar-refractivity contribution in [2.24, 2.45) is 0 Å². The van der Waals surface area contributed by atoms with Gasteiger partial charge in [0.2, 0.25) is 0 Å². The number of ether oxygens (including phenoxy) is 1. The zero-order chi connectivity index (χ0) is 16.1. The first-order chi connectivity index (χ1) is 10.5. The SMILES string of the molecule is Cc1ccc(C)c(OC(C)C(=O)NCc2cc(C)ncn2)c1. The summed E-state index contributed by atoms with van der Waals surface area (Å²) in [4.78, 5) is 20.3. The third-order valence-corrected chi connectivity index (χ3v) is 3.32. The van der Waals surface area contributed by atoms with Crippen molar-refractivity contribution in [3.8, 4) is 5.75 Å². The Morgan fingerprint density at radius 1 is 1.23 bits per heavy atom. The van der Waals surface area contributed by atoms with Crippen LogP contribution in [0.2, 0.25) is 0 Å². The molecule has 5 heteroatoms. The fraction of sp³-hybridized carbons (Fsp3) is 0.353. The molecule has 0 aliphatic heterocycles. The first-order valence-electron chi connectivity index (χ1n) is 7.25. The molecule has 1 atom stereocenters. The van der Waals surface area contributed by atoms with E-state index in [0.717, 1.165) is 28.3 Å². The van der Waals surface area contributed by atoms with E-state index < -0.39 is 6.10 Å². The van der Waals surface area contributed by atoms with Crippen LogP contribution in [0.4, 0.5) is 0 Å². The van der Waals surface area contributed by atoms with E-state index in [9.17, 15) is 4.79 Å². The zero-order valence-electron chi connectivity index (χ0n) is 13.4. The number of hydrogen-bond donors (Lipinski definition) is 1. The monoisotopic (exact) mass is 299 g/mol. The van der Waals surface area contributed by atoms with Crippen molar-refractivity contribution in [3.63, 3.8) is 0 Å². The minimum atomic E-state index is -0.566. The molecule has 2 rings (SSSR count). The maximum atomic E-state index is 12.1. The number of amides is 1. The molecule has 1 aromatic carbocycles. The summed E-state index contributed by atoms with van der Waals surface area (Å²) < 4.78 is 5.76. The average Bonchev–Trinajstić information content (AvgIpc) is 2.48. The van der Waals surface area contributed by atoms with Gasteiger partial charge in [-0.2, -0.15) is 0 Å². The van der Waals surface area contributed by atoms with Gasteiger partial charge in [0.1, 0.15) is 12.1 Å². The van der Waals surface area contributed by atoms with Gasteiger partial charge in [-0.05, 0) is 51.0 Å². The van der Waals surface area contributed by atoms with Crippen LogP contribution in [0.25, 0.3) is 0 Å². The molecule has 0 aliphatic carbocycles. The van der Waals surface area contributed by atoms with Gasteiger partial charge >= 0.3 is 0 Å². The zero-order valence-corrected chi connectivity index (χ0v) is 13.4. The predicted octanol–water partition coefficient (Wildman–Crippen LogP) is 2.49. The van der Waals surface area contributed by atoms with Crippen LogP contribution in [-0.2, 0) is 11.3 Å². The summed E-state index contributed by atoms with van der Waals surface area (Å²) in [6, 6.07) is 7.78. The Labute approximate surface area is 130 Å². The highest BCUT2D eigenvalue weighted by molar-refractivity contribution is 5.80. The Balaban J connectivity index is 1.93. The Morgan fingerprint density at radius 3 is 2.73 bits per heavy atom. The number of rotatable bonds is 5. The molecule has 0 saturated heterocycles. The second kappa shape index (κ2) is 7.02. The van der Waals surface area contributed by atoms with Gasteiger partial charge in [0.05, 0.1) is 12.2 Å². The van der Waals surface area contributed by atoms with Gasteiger partial charge in [0.15, 0.2) is 6.10 Å². The summed E-state index contributed by atoms with van der Waals surface area (Å²) in [6.45, 7) is 7.95. The summed E-state index contributed by atoms with van der Waals surface area (Å²) in [7, 11) is 0. The first-order valence-corrected chi connectivity index (χ1v) is 7.25. The molecule has 5 nitrogen and oxygen atoms in total. The highest BCUT2D eigenvalue weighted by atomic mass is 16.5. The van der Waals surface area contributed by atoms with E-state index in [2.05, 4.69) is 15.3 Å². The van der Waals surface area contributed by atoms with Gasteiger partial charge in [-0.15, -0.1) is 0 Å². The number of nitrogens with zero attached hydrogens (tertiary/aromatic N) is 2. The smallest absolute Gasteiger partial charge is 0.261 e. The summed E-state index contributed by atoms with van der Waals surface area (Å²) >= 11 is 0. The van der Waals surface area contributed by atoms with Crippen LogP contribution in [0.1, 0.15) is 29.4 Å². The summed E-state index contributed by atoms with van der Waals surface area (Å²) in [5, 5.41) is 2.83. The predicted molar refractivity (Wildman–Crippen MR) is 84.6 cm³/mol. The molecule has 1 N–H and O–H groups in total. The molecule has 1 aromatic heterocycles. The Bertz CT molecular complexity index is 671. The minimum Gasteiger partial charge on any atom is -0.481 e. The number of hydrogen-bond acceptors (Lipinski definition) is 4. The molecule has 0 bridgehead atoms. The summed E-state index contributed by atoms with van der Waals surface area (Å²) in [6.07, 6.45) is 0.927. The molecular formula is C17H21N3O2. The van der Waals surface area contributed by atoms with Crippen LogP contribution in [0.3, 0.4) is 0 Å². The van der Waals surface area contributed by atoms with Crippen LogP contribution in [0.5, 0.6) is 5.75 Å². The molecule has 1 heterocycles. The number of aromatic nitrogens is 2. The molecule has 0 spiro atoms. The van der Waals surface area contributed by atoms with Crippen LogP contribution in [0.15, 0.2) is 30.6 Å². The Morgan fingerprint density at radius 2 is 2.00 bits per heavy atom. The fourth-order valence-electron chi connectivity index (χ4n) is 2.01. The quantitative estimate of drug-likeness (QED) is 0.921. The van der Waals surface area contributed by atoms with E-state index in [1.165, 1.54) is 6.33 Å². The van der Waals surface area contributed by atoms with Gasteiger partial charge in [0.25, 0.3) is 5.91 Å². The maximum Gasteiger partial charge on any atom is 0.261 e. The van der Waals surface area contributed by atoms with E-state index >= 15 is 0 Å². The van der Waals surface area contributed by atoms with E-state index in [1.54, 1.807) is 6.92 Å². The lowest BCUT2D eigenvalue weighted by Gasteiger charge is -2.16. The highest BCUT2D eigenvalue weighted by Gasteiger charge is 2.15. The van der Waals surface area contributed by atoms with Crippen LogP contribution in [0, 0.1) is 20.8 Å². The number of carbonyl (C=O) groups excluding carboxylic acids is 1. The lowest BCUT2D eigenvalue weighted by atomic mass is 10.1. The second-order valence-electron chi connectivity index (χ2n) is 5.40. The van der Waals surface area contributed by atoms with Crippen molar-refractivity contribution >= 4 is 5.91 Å². The number of aryl methyl sites for hydroxylation is 3. The molecule has 0 radical (unpaired) electrons. The molecule has 2 aromatic rings. The topological polar surface area (TPSA) is 64.1 Å². The van der Waals surface area contributed by atoms with E-state index in [-0.39, 0.29) is 5.91 Å². The van der Waals surface area contributed by atoms with Gasteiger partial charge in [-0.1, -0.05) is 12.1 Å². The molecule has 22 heavy (non-hydrogen) atoms. The molecule has 1 unspecified atom stereocenters. The Kier molecular flexibility index (Phi) is 5.09. The normalized spacial score (nSPS) is 11.8.